The van der Waals surface area contributed by atoms with E-state index in [4.69, 9.17) is 0 Å². The normalized spacial score (nSPS) is 12.8. The zero-order valence-corrected chi connectivity index (χ0v) is 10.9. The van der Waals surface area contributed by atoms with Crippen molar-refractivity contribution in [2.75, 3.05) is 0 Å². The molecule has 1 unspecified atom stereocenters. The summed E-state index contributed by atoms with van der Waals surface area (Å²) in [5.41, 5.74) is 1.18. The van der Waals surface area contributed by atoms with E-state index in [0.29, 0.717) is 6.04 Å². The molecule has 1 N–H and O–H groups in total. The fraction of sp³-hybridized carbons (Fsp3) is 0.545. The smallest absolute Gasteiger partial charge is 0.137 e. The van der Waals surface area contributed by atoms with Gasteiger partial charge in [-0.15, -0.1) is 11.3 Å². The van der Waals surface area contributed by atoms with Crippen LogP contribution in [-0.4, -0.2) is 25.8 Å². The molecule has 0 spiro atoms. The van der Waals surface area contributed by atoms with E-state index in [1.807, 2.05) is 4.68 Å². The Bertz CT molecular complexity index is 436. The van der Waals surface area contributed by atoms with Gasteiger partial charge in [0.2, 0.25) is 0 Å². The number of hydrogen-bond acceptors (Lipinski definition) is 5. The van der Waals surface area contributed by atoms with E-state index in [2.05, 4.69) is 39.6 Å². The molecule has 5 nitrogen and oxygen atoms in total. The summed E-state index contributed by atoms with van der Waals surface area (Å²) >= 11 is 1.72. The van der Waals surface area contributed by atoms with Crippen LogP contribution in [0.2, 0.25) is 0 Å². The van der Waals surface area contributed by atoms with Crippen LogP contribution >= 0.6 is 11.3 Å². The molecule has 0 amide bonds. The number of nitrogens with one attached hydrogen (secondary N) is 1. The summed E-state index contributed by atoms with van der Waals surface area (Å²) in [5.74, 6) is 0. The topological polar surface area (TPSA) is 55.6 Å². The Morgan fingerprint density at radius 3 is 3.06 bits per heavy atom. The van der Waals surface area contributed by atoms with E-state index < -0.39 is 0 Å². The van der Waals surface area contributed by atoms with Gasteiger partial charge >= 0.3 is 0 Å². The number of nitrogens with zero attached hydrogens (tertiary/aromatic N) is 4. The van der Waals surface area contributed by atoms with Crippen molar-refractivity contribution in [1.82, 2.24) is 25.1 Å². The Labute approximate surface area is 105 Å². The monoisotopic (exact) mass is 251 g/mol. The molecule has 2 heterocycles. The first-order valence-corrected chi connectivity index (χ1v) is 6.65. The maximum atomic E-state index is 4.52. The number of aryl methyl sites for hydroxylation is 1. The lowest BCUT2D eigenvalue weighted by atomic mass is 10.3. The van der Waals surface area contributed by atoms with Crippen LogP contribution in [0.3, 0.4) is 0 Å². The highest BCUT2D eigenvalue weighted by atomic mass is 32.1. The highest BCUT2D eigenvalue weighted by Crippen LogP contribution is 2.09. The fourth-order valence-electron chi connectivity index (χ4n) is 1.53. The van der Waals surface area contributed by atoms with E-state index >= 15 is 0 Å². The second kappa shape index (κ2) is 5.88. The first-order valence-electron chi connectivity index (χ1n) is 5.77. The van der Waals surface area contributed by atoms with E-state index in [1.54, 1.807) is 24.0 Å². The van der Waals surface area contributed by atoms with Gasteiger partial charge in [-0.05, 0) is 13.3 Å². The minimum Gasteiger partial charge on any atom is -0.306 e. The van der Waals surface area contributed by atoms with Crippen LogP contribution in [-0.2, 0) is 19.5 Å². The van der Waals surface area contributed by atoms with E-state index in [1.165, 1.54) is 5.69 Å². The molecule has 0 aliphatic heterocycles. The summed E-state index contributed by atoms with van der Waals surface area (Å²) in [6, 6.07) is 0.352. The summed E-state index contributed by atoms with van der Waals surface area (Å²) in [6.45, 7) is 5.90. The van der Waals surface area contributed by atoms with Gasteiger partial charge in [0.15, 0.2) is 0 Å². The first-order chi connectivity index (χ1) is 8.28. The van der Waals surface area contributed by atoms with Gasteiger partial charge in [0.05, 0.1) is 12.2 Å². The number of hydrogen-bond donors (Lipinski definition) is 1. The molecule has 92 valence electrons. The number of thiazole rings is 1. The molecule has 2 aromatic heterocycles. The largest absolute Gasteiger partial charge is 0.306 e. The van der Waals surface area contributed by atoms with Gasteiger partial charge in [-0.1, -0.05) is 6.92 Å². The summed E-state index contributed by atoms with van der Waals surface area (Å²) in [6.07, 6.45) is 4.29. The van der Waals surface area contributed by atoms with Crippen molar-refractivity contribution < 1.29 is 0 Å². The average molecular weight is 251 g/mol. The zero-order valence-electron chi connectivity index (χ0n) is 10.1. The van der Waals surface area contributed by atoms with Crippen molar-refractivity contribution in [1.29, 1.82) is 0 Å². The predicted molar refractivity (Wildman–Crippen MR) is 67.8 cm³/mol. The Hall–Kier alpha value is -1.27. The number of rotatable bonds is 6. The third kappa shape index (κ3) is 3.61. The summed E-state index contributed by atoms with van der Waals surface area (Å²) in [4.78, 5) is 8.44. The van der Waals surface area contributed by atoms with Crippen LogP contribution in [0.1, 0.15) is 24.5 Å². The molecule has 0 saturated heterocycles. The molecule has 1 atom stereocenters. The van der Waals surface area contributed by atoms with Gasteiger partial charge in [0.25, 0.3) is 0 Å². The van der Waals surface area contributed by atoms with Gasteiger partial charge < -0.3 is 5.32 Å². The van der Waals surface area contributed by atoms with Crippen LogP contribution in [0.15, 0.2) is 18.0 Å². The lowest BCUT2D eigenvalue weighted by Gasteiger charge is -2.12. The maximum Gasteiger partial charge on any atom is 0.137 e. The van der Waals surface area contributed by atoms with Gasteiger partial charge in [-0.2, -0.15) is 5.10 Å². The molecule has 0 aromatic carbocycles. The zero-order chi connectivity index (χ0) is 12.1. The van der Waals surface area contributed by atoms with Crippen LogP contribution in [0, 0.1) is 0 Å². The lowest BCUT2D eigenvalue weighted by molar-refractivity contribution is 0.449. The summed E-state index contributed by atoms with van der Waals surface area (Å²) in [7, 11) is 0. The third-order valence-corrected chi connectivity index (χ3v) is 3.39. The van der Waals surface area contributed by atoms with Crippen LogP contribution in [0.25, 0.3) is 0 Å². The highest BCUT2D eigenvalue weighted by Gasteiger charge is 2.05. The van der Waals surface area contributed by atoms with Gasteiger partial charge in [0, 0.05) is 18.0 Å². The molecule has 2 aromatic rings. The third-order valence-electron chi connectivity index (χ3n) is 2.49. The summed E-state index contributed by atoms with van der Waals surface area (Å²) < 4.78 is 1.83. The molecule has 0 fully saturated rings. The van der Waals surface area contributed by atoms with Crippen molar-refractivity contribution in [3.63, 3.8) is 0 Å². The first kappa shape index (κ1) is 12.2. The molecule has 2 rings (SSSR count). The van der Waals surface area contributed by atoms with Gasteiger partial charge in [-0.3, -0.25) is 4.68 Å². The lowest BCUT2D eigenvalue weighted by Crippen LogP contribution is -2.30. The second-order valence-electron chi connectivity index (χ2n) is 3.99. The van der Waals surface area contributed by atoms with Crippen molar-refractivity contribution >= 4 is 11.3 Å². The predicted octanol–water partition coefficient (Wildman–Crippen LogP) is 1.48. The molecular formula is C11H17N5S. The van der Waals surface area contributed by atoms with Crippen LogP contribution in [0.5, 0.6) is 0 Å². The Kier molecular flexibility index (Phi) is 4.22. The average Bonchev–Trinajstić information content (AvgIpc) is 2.96. The van der Waals surface area contributed by atoms with E-state index in [0.717, 1.165) is 24.5 Å². The van der Waals surface area contributed by atoms with Crippen molar-refractivity contribution in [3.05, 3.63) is 28.7 Å². The SMILES string of the molecule is CCc1csc(CNC(C)Cn2cncn2)n1. The minimum absolute atomic E-state index is 0.352. The summed E-state index contributed by atoms with van der Waals surface area (Å²) in [5, 5.41) is 10.8. The van der Waals surface area contributed by atoms with Crippen molar-refractivity contribution in [2.45, 2.75) is 39.4 Å². The fourth-order valence-corrected chi connectivity index (χ4v) is 2.35. The molecule has 0 aliphatic carbocycles. The van der Waals surface area contributed by atoms with Crippen molar-refractivity contribution in [2.24, 2.45) is 0 Å². The van der Waals surface area contributed by atoms with Crippen LogP contribution < -0.4 is 5.32 Å². The molecule has 0 aliphatic rings. The molecular weight excluding hydrogens is 234 g/mol. The van der Waals surface area contributed by atoms with E-state index in [-0.39, 0.29) is 0 Å². The second-order valence-corrected chi connectivity index (χ2v) is 4.93. The molecule has 17 heavy (non-hydrogen) atoms. The van der Waals surface area contributed by atoms with Gasteiger partial charge in [-0.25, -0.2) is 9.97 Å². The maximum absolute atomic E-state index is 4.52. The number of aromatic nitrogens is 4. The molecule has 0 saturated carbocycles. The Balaban J connectivity index is 1.77. The highest BCUT2D eigenvalue weighted by molar-refractivity contribution is 7.09. The minimum atomic E-state index is 0.352. The van der Waals surface area contributed by atoms with Crippen molar-refractivity contribution in [3.8, 4) is 0 Å². The molecule has 6 heteroatoms. The quantitative estimate of drug-likeness (QED) is 0.845. The standard InChI is InChI=1S/C11H17N5S/c1-3-10-6-17-11(15-10)4-13-9(2)5-16-8-12-7-14-16/h6-9,13H,3-5H2,1-2H3. The van der Waals surface area contributed by atoms with Crippen LogP contribution in [0.4, 0.5) is 0 Å². The van der Waals surface area contributed by atoms with E-state index in [9.17, 15) is 0 Å². The molecule has 0 bridgehead atoms. The Morgan fingerprint density at radius 1 is 1.53 bits per heavy atom. The Morgan fingerprint density at radius 2 is 2.41 bits per heavy atom. The molecule has 0 radical (unpaired) electrons. The van der Waals surface area contributed by atoms with Gasteiger partial charge in [0.1, 0.15) is 17.7 Å².